The average molecular weight is 358 g/mol. The Bertz CT molecular complexity index is 1040. The molecule has 0 amide bonds. The van der Waals surface area contributed by atoms with Crippen molar-refractivity contribution in [3.8, 4) is 5.13 Å². The van der Waals surface area contributed by atoms with E-state index in [1.807, 2.05) is 36.4 Å². The van der Waals surface area contributed by atoms with Gasteiger partial charge in [-0.2, -0.15) is 9.78 Å². The summed E-state index contributed by atoms with van der Waals surface area (Å²) in [5, 5.41) is 6.30. The van der Waals surface area contributed by atoms with Crippen LogP contribution in [0.15, 0.2) is 57.9 Å². The lowest BCUT2D eigenvalue weighted by atomic mass is 10.2. The third-order valence-corrected chi connectivity index (χ3v) is 4.70. The van der Waals surface area contributed by atoms with Gasteiger partial charge in [-0.15, -0.1) is 0 Å². The summed E-state index contributed by atoms with van der Waals surface area (Å²) in [6.07, 6.45) is 1.69. The van der Waals surface area contributed by atoms with Crippen molar-refractivity contribution in [1.82, 2.24) is 14.8 Å². The molecule has 0 saturated heterocycles. The molecular weight excluding hydrogens is 350 g/mol. The predicted octanol–water partition coefficient (Wildman–Crippen LogP) is 3.76. The van der Waals surface area contributed by atoms with Crippen LogP contribution < -0.4 is 5.56 Å². The summed E-state index contributed by atoms with van der Waals surface area (Å²) in [6.45, 7) is 0. The first-order valence-electron chi connectivity index (χ1n) is 6.26. The smallest absolute Gasteiger partial charge is 0.267 e. The molecule has 2 aromatic heterocycles. The first kappa shape index (κ1) is 12.7. The zero-order valence-electron chi connectivity index (χ0n) is 10.7. The fraction of sp³-hybridized carbons (Fsp3) is 0. The molecule has 6 heteroatoms. The molecule has 0 unspecified atom stereocenters. The van der Waals surface area contributed by atoms with E-state index in [1.54, 1.807) is 12.3 Å². The number of fused-ring (bicyclic) bond motifs is 2. The summed E-state index contributed by atoms with van der Waals surface area (Å²) in [4.78, 5) is 17.0. The Hall–Kier alpha value is -2.05. The highest BCUT2D eigenvalue weighted by molar-refractivity contribution is 9.10. The van der Waals surface area contributed by atoms with Gasteiger partial charge in [0.25, 0.3) is 5.56 Å². The van der Waals surface area contributed by atoms with Crippen LogP contribution in [0, 0.1) is 0 Å². The molecule has 0 aliphatic heterocycles. The second-order valence-electron chi connectivity index (χ2n) is 4.56. The molecule has 4 aromatic rings. The van der Waals surface area contributed by atoms with Gasteiger partial charge in [0.1, 0.15) is 0 Å². The molecule has 0 bridgehead atoms. The van der Waals surface area contributed by atoms with Gasteiger partial charge < -0.3 is 0 Å². The number of hydrogen-bond acceptors (Lipinski definition) is 4. The number of benzene rings is 2. The van der Waals surface area contributed by atoms with E-state index in [4.69, 9.17) is 0 Å². The van der Waals surface area contributed by atoms with E-state index < -0.39 is 0 Å². The zero-order valence-corrected chi connectivity index (χ0v) is 13.1. The Kier molecular flexibility index (Phi) is 2.87. The van der Waals surface area contributed by atoms with E-state index in [0.29, 0.717) is 10.5 Å². The van der Waals surface area contributed by atoms with Gasteiger partial charge in [-0.1, -0.05) is 45.5 Å². The quantitative estimate of drug-likeness (QED) is 0.521. The SMILES string of the molecule is O=c1c2ccccc2cnn1-c1nc2ccc(Br)cc2s1. The first-order chi connectivity index (χ1) is 10.2. The maximum Gasteiger partial charge on any atom is 0.281 e. The summed E-state index contributed by atoms with van der Waals surface area (Å²) < 4.78 is 3.37. The summed E-state index contributed by atoms with van der Waals surface area (Å²) >= 11 is 4.89. The number of nitrogens with zero attached hydrogens (tertiary/aromatic N) is 3. The minimum absolute atomic E-state index is 0.147. The molecular formula is C15H8BrN3OS. The van der Waals surface area contributed by atoms with Crippen LogP contribution in [0.4, 0.5) is 0 Å². The first-order valence-corrected chi connectivity index (χ1v) is 7.87. The molecule has 0 aliphatic carbocycles. The fourth-order valence-electron chi connectivity index (χ4n) is 2.20. The van der Waals surface area contributed by atoms with Crippen molar-refractivity contribution in [3.05, 3.63) is 63.5 Å². The van der Waals surface area contributed by atoms with Gasteiger partial charge in [0.15, 0.2) is 0 Å². The van der Waals surface area contributed by atoms with Crippen LogP contribution >= 0.6 is 27.3 Å². The van der Waals surface area contributed by atoms with Gasteiger partial charge in [0.05, 0.1) is 21.8 Å². The number of hydrogen-bond donors (Lipinski definition) is 0. The third kappa shape index (κ3) is 2.07. The maximum atomic E-state index is 12.5. The van der Waals surface area contributed by atoms with Crippen LogP contribution in [0.5, 0.6) is 0 Å². The van der Waals surface area contributed by atoms with Crippen LogP contribution in [-0.4, -0.2) is 14.8 Å². The topological polar surface area (TPSA) is 47.8 Å². The van der Waals surface area contributed by atoms with E-state index >= 15 is 0 Å². The molecule has 4 nitrogen and oxygen atoms in total. The van der Waals surface area contributed by atoms with Crippen molar-refractivity contribution in [2.24, 2.45) is 0 Å². The predicted molar refractivity (Wildman–Crippen MR) is 88.2 cm³/mol. The minimum atomic E-state index is -0.147. The highest BCUT2D eigenvalue weighted by Crippen LogP contribution is 2.26. The summed E-state index contributed by atoms with van der Waals surface area (Å²) in [6, 6.07) is 13.3. The highest BCUT2D eigenvalue weighted by atomic mass is 79.9. The Labute approximate surface area is 131 Å². The summed E-state index contributed by atoms with van der Waals surface area (Å²) in [5.41, 5.74) is 0.714. The lowest BCUT2D eigenvalue weighted by Gasteiger charge is -2.01. The van der Waals surface area contributed by atoms with Crippen LogP contribution in [-0.2, 0) is 0 Å². The zero-order chi connectivity index (χ0) is 14.4. The van der Waals surface area contributed by atoms with Gasteiger partial charge >= 0.3 is 0 Å². The molecule has 0 saturated carbocycles. The molecule has 4 rings (SSSR count). The molecule has 0 atom stereocenters. The molecule has 2 aromatic carbocycles. The second-order valence-corrected chi connectivity index (χ2v) is 6.48. The monoisotopic (exact) mass is 357 g/mol. The minimum Gasteiger partial charge on any atom is -0.267 e. The standard InChI is InChI=1S/C15H8BrN3OS/c16-10-5-6-12-13(7-10)21-15(18-12)19-14(20)11-4-2-1-3-9(11)8-17-19/h1-8H. The number of rotatable bonds is 1. The van der Waals surface area contributed by atoms with Crippen molar-refractivity contribution < 1.29 is 0 Å². The van der Waals surface area contributed by atoms with Crippen molar-refractivity contribution in [2.45, 2.75) is 0 Å². The Morgan fingerprint density at radius 3 is 2.90 bits per heavy atom. The molecule has 0 fully saturated rings. The normalized spacial score (nSPS) is 11.3. The number of halogens is 1. The van der Waals surface area contributed by atoms with Gasteiger partial charge in [-0.25, -0.2) is 4.98 Å². The van der Waals surface area contributed by atoms with E-state index in [-0.39, 0.29) is 5.56 Å². The summed E-state index contributed by atoms with van der Waals surface area (Å²) in [5.74, 6) is 0. The van der Waals surface area contributed by atoms with E-state index in [2.05, 4.69) is 26.0 Å². The largest absolute Gasteiger partial charge is 0.281 e. The van der Waals surface area contributed by atoms with E-state index in [0.717, 1.165) is 20.1 Å². The lowest BCUT2D eigenvalue weighted by Crippen LogP contribution is -2.20. The Morgan fingerprint density at radius 2 is 2.00 bits per heavy atom. The Balaban J connectivity index is 1.99. The molecule has 2 heterocycles. The number of aromatic nitrogens is 3. The number of thiazole rings is 1. The highest BCUT2D eigenvalue weighted by Gasteiger charge is 2.10. The molecule has 0 radical (unpaired) electrons. The maximum absolute atomic E-state index is 12.5. The third-order valence-electron chi connectivity index (χ3n) is 3.22. The van der Waals surface area contributed by atoms with Crippen LogP contribution in [0.1, 0.15) is 0 Å². The van der Waals surface area contributed by atoms with Crippen molar-refractivity contribution in [2.75, 3.05) is 0 Å². The van der Waals surface area contributed by atoms with E-state index in [9.17, 15) is 4.79 Å². The molecule has 0 spiro atoms. The Morgan fingerprint density at radius 1 is 1.14 bits per heavy atom. The van der Waals surface area contributed by atoms with Gasteiger partial charge in [0.2, 0.25) is 5.13 Å². The fourth-order valence-corrected chi connectivity index (χ4v) is 3.68. The van der Waals surface area contributed by atoms with Crippen molar-refractivity contribution in [3.63, 3.8) is 0 Å². The van der Waals surface area contributed by atoms with Gasteiger partial charge in [-0.05, 0) is 24.3 Å². The van der Waals surface area contributed by atoms with E-state index in [1.165, 1.54) is 16.0 Å². The van der Waals surface area contributed by atoms with Crippen LogP contribution in [0.25, 0.3) is 26.1 Å². The van der Waals surface area contributed by atoms with Gasteiger partial charge in [-0.3, -0.25) is 4.79 Å². The summed E-state index contributed by atoms with van der Waals surface area (Å²) in [7, 11) is 0. The van der Waals surface area contributed by atoms with Crippen LogP contribution in [0.2, 0.25) is 0 Å². The van der Waals surface area contributed by atoms with Crippen molar-refractivity contribution >= 4 is 48.3 Å². The molecule has 21 heavy (non-hydrogen) atoms. The van der Waals surface area contributed by atoms with Gasteiger partial charge in [0, 0.05) is 9.86 Å². The van der Waals surface area contributed by atoms with Crippen molar-refractivity contribution in [1.29, 1.82) is 0 Å². The lowest BCUT2D eigenvalue weighted by molar-refractivity contribution is 0.815. The molecule has 102 valence electrons. The molecule has 0 aliphatic rings. The molecule has 0 N–H and O–H groups in total. The second kappa shape index (κ2) is 4.75. The average Bonchev–Trinajstić information content (AvgIpc) is 2.90. The van der Waals surface area contributed by atoms with Crippen LogP contribution in [0.3, 0.4) is 0 Å².